The lowest BCUT2D eigenvalue weighted by molar-refractivity contribution is -0.122. The van der Waals surface area contributed by atoms with Gasteiger partial charge in [-0.05, 0) is 62.3 Å². The van der Waals surface area contributed by atoms with E-state index in [1.54, 1.807) is 6.08 Å². The number of nitrogens with one attached hydrogen (secondary N) is 1. The highest BCUT2D eigenvalue weighted by Crippen LogP contribution is 2.29. The van der Waals surface area contributed by atoms with Gasteiger partial charge in [-0.3, -0.25) is 19.8 Å². The van der Waals surface area contributed by atoms with Gasteiger partial charge >= 0.3 is 0 Å². The van der Waals surface area contributed by atoms with Gasteiger partial charge in [0, 0.05) is 29.2 Å². The number of aryl methyl sites for hydroxylation is 2. The second kappa shape index (κ2) is 7.29. The normalized spacial score (nSPS) is 16.0. The summed E-state index contributed by atoms with van der Waals surface area (Å²) < 4.78 is 2.10. The second-order valence-corrected chi connectivity index (χ2v) is 7.45. The van der Waals surface area contributed by atoms with E-state index >= 15 is 0 Å². The number of anilines is 1. The van der Waals surface area contributed by atoms with Crippen LogP contribution in [-0.2, 0) is 16.1 Å². The lowest BCUT2D eigenvalue weighted by atomic mass is 10.0. The fraction of sp³-hybridized carbons (Fsp3) is 0.174. The van der Waals surface area contributed by atoms with Crippen molar-refractivity contribution >= 4 is 51.8 Å². The highest BCUT2D eigenvalue weighted by atomic mass is 32.1. The molecule has 2 aromatic carbocycles. The Morgan fingerprint density at radius 3 is 2.59 bits per heavy atom. The van der Waals surface area contributed by atoms with Crippen LogP contribution in [0.15, 0.2) is 54.2 Å². The van der Waals surface area contributed by atoms with Crippen LogP contribution in [0, 0.1) is 13.8 Å². The summed E-state index contributed by atoms with van der Waals surface area (Å²) in [5, 5.41) is 3.76. The summed E-state index contributed by atoms with van der Waals surface area (Å²) >= 11 is 5.33. The van der Waals surface area contributed by atoms with E-state index in [1.807, 2.05) is 62.5 Å². The van der Waals surface area contributed by atoms with Gasteiger partial charge in [0.15, 0.2) is 5.11 Å². The van der Waals surface area contributed by atoms with Crippen molar-refractivity contribution in [3.8, 4) is 0 Å². The van der Waals surface area contributed by atoms with Crippen LogP contribution in [0.3, 0.4) is 0 Å². The summed E-state index contributed by atoms with van der Waals surface area (Å²) in [7, 11) is 0. The van der Waals surface area contributed by atoms with Gasteiger partial charge in [-0.2, -0.15) is 0 Å². The third kappa shape index (κ3) is 3.15. The Kier molecular flexibility index (Phi) is 4.80. The van der Waals surface area contributed by atoms with Crippen molar-refractivity contribution in [2.24, 2.45) is 0 Å². The molecule has 0 atom stereocenters. The number of aromatic nitrogens is 1. The van der Waals surface area contributed by atoms with E-state index in [-0.39, 0.29) is 10.7 Å². The number of carbonyl (C=O) groups excluding carboxylic acids is 2. The third-order valence-electron chi connectivity index (χ3n) is 5.38. The number of benzene rings is 2. The minimum atomic E-state index is -0.477. The van der Waals surface area contributed by atoms with E-state index in [1.165, 1.54) is 4.90 Å². The number of carbonyl (C=O) groups is 2. The van der Waals surface area contributed by atoms with Gasteiger partial charge in [-0.25, -0.2) is 0 Å². The van der Waals surface area contributed by atoms with Gasteiger partial charge in [0.25, 0.3) is 11.8 Å². The Labute approximate surface area is 174 Å². The molecular formula is C23H21N3O2S. The summed E-state index contributed by atoms with van der Waals surface area (Å²) in [5.74, 6) is -0.893. The predicted molar refractivity (Wildman–Crippen MR) is 120 cm³/mol. The lowest BCUT2D eigenvalue weighted by Crippen LogP contribution is -2.54. The number of hydrogen-bond acceptors (Lipinski definition) is 3. The third-order valence-corrected chi connectivity index (χ3v) is 5.66. The van der Waals surface area contributed by atoms with E-state index in [9.17, 15) is 9.59 Å². The van der Waals surface area contributed by atoms with Gasteiger partial charge in [-0.1, -0.05) is 30.3 Å². The number of hydrogen-bond donors (Lipinski definition) is 1. The molecular weight excluding hydrogens is 382 g/mol. The molecule has 1 aliphatic rings. The van der Waals surface area contributed by atoms with Crippen LogP contribution < -0.4 is 10.2 Å². The second-order valence-electron chi connectivity index (χ2n) is 7.06. The quantitative estimate of drug-likeness (QED) is 0.407. The van der Waals surface area contributed by atoms with Crippen molar-refractivity contribution in [3.63, 3.8) is 0 Å². The number of thiocarbonyl (C=S) groups is 1. The van der Waals surface area contributed by atoms with Crippen molar-refractivity contribution in [3.05, 3.63) is 70.9 Å². The summed E-state index contributed by atoms with van der Waals surface area (Å²) in [6.45, 7) is 6.77. The van der Waals surface area contributed by atoms with Crippen LogP contribution in [-0.4, -0.2) is 21.5 Å². The first-order chi connectivity index (χ1) is 13.9. The minimum absolute atomic E-state index is 0.0681. The Hall–Kier alpha value is -3.25. The molecule has 1 N–H and O–H groups in total. The van der Waals surface area contributed by atoms with E-state index in [4.69, 9.17) is 12.2 Å². The molecule has 29 heavy (non-hydrogen) atoms. The average molecular weight is 404 g/mol. The fourth-order valence-electron chi connectivity index (χ4n) is 3.66. The zero-order valence-electron chi connectivity index (χ0n) is 16.5. The molecule has 0 radical (unpaired) electrons. The van der Waals surface area contributed by atoms with Crippen molar-refractivity contribution in [2.45, 2.75) is 27.3 Å². The summed E-state index contributed by atoms with van der Waals surface area (Å²) in [6.07, 6.45) is 3.62. The summed E-state index contributed by atoms with van der Waals surface area (Å²) in [5.41, 5.74) is 4.63. The molecule has 1 saturated heterocycles. The van der Waals surface area contributed by atoms with Crippen molar-refractivity contribution in [1.29, 1.82) is 0 Å². The van der Waals surface area contributed by atoms with Gasteiger partial charge in [0.2, 0.25) is 0 Å². The van der Waals surface area contributed by atoms with Gasteiger partial charge in [0.1, 0.15) is 5.57 Å². The molecule has 6 heteroatoms. The Balaban J connectivity index is 1.84. The molecule has 1 aliphatic heterocycles. The Bertz CT molecular complexity index is 1210. The molecule has 0 saturated carbocycles. The van der Waals surface area contributed by atoms with Gasteiger partial charge in [0.05, 0.1) is 5.69 Å². The van der Waals surface area contributed by atoms with E-state index in [0.717, 1.165) is 34.1 Å². The topological polar surface area (TPSA) is 54.3 Å². The zero-order valence-corrected chi connectivity index (χ0v) is 17.3. The maximum absolute atomic E-state index is 13.3. The van der Waals surface area contributed by atoms with Gasteiger partial charge in [-0.15, -0.1) is 0 Å². The Morgan fingerprint density at radius 2 is 1.83 bits per heavy atom. The molecule has 2 amide bonds. The molecule has 0 unspecified atom stereocenters. The van der Waals surface area contributed by atoms with Gasteiger partial charge < -0.3 is 4.57 Å². The first kappa shape index (κ1) is 19.1. The fourth-order valence-corrected chi connectivity index (χ4v) is 3.94. The lowest BCUT2D eigenvalue weighted by Gasteiger charge is -2.30. The molecule has 0 spiro atoms. The summed E-state index contributed by atoms with van der Waals surface area (Å²) in [4.78, 5) is 27.4. The molecule has 4 rings (SSSR count). The molecule has 0 aliphatic carbocycles. The Morgan fingerprint density at radius 1 is 1.07 bits per heavy atom. The smallest absolute Gasteiger partial charge is 0.270 e. The first-order valence-electron chi connectivity index (χ1n) is 9.48. The standard InChI is InChI=1S/C23H21N3O2S/c1-4-25-13-16(17-9-5-6-10-20(17)25)12-18-21(27)24-23(29)26(22(18)28)19-11-7-8-14(2)15(19)3/h5-13H,4H2,1-3H3,(H,24,27,29)/b18-12+. The first-order valence-corrected chi connectivity index (χ1v) is 9.88. The molecule has 3 aromatic rings. The number of para-hydroxylation sites is 1. The number of nitrogens with zero attached hydrogens (tertiary/aromatic N) is 2. The molecule has 146 valence electrons. The van der Waals surface area contributed by atoms with Crippen molar-refractivity contribution < 1.29 is 9.59 Å². The van der Waals surface area contributed by atoms with Crippen LogP contribution in [0.5, 0.6) is 0 Å². The minimum Gasteiger partial charge on any atom is -0.347 e. The average Bonchev–Trinajstić information content (AvgIpc) is 3.06. The molecule has 1 aromatic heterocycles. The highest BCUT2D eigenvalue weighted by molar-refractivity contribution is 7.80. The van der Waals surface area contributed by atoms with E-state index < -0.39 is 11.8 Å². The molecule has 0 bridgehead atoms. The van der Waals surface area contributed by atoms with Crippen LogP contribution in [0.4, 0.5) is 5.69 Å². The number of rotatable bonds is 3. The predicted octanol–water partition coefficient (Wildman–Crippen LogP) is 4.11. The zero-order chi connectivity index (χ0) is 20.7. The van der Waals surface area contributed by atoms with Crippen molar-refractivity contribution in [2.75, 3.05) is 4.90 Å². The largest absolute Gasteiger partial charge is 0.347 e. The van der Waals surface area contributed by atoms with E-state index in [2.05, 4.69) is 16.8 Å². The van der Waals surface area contributed by atoms with Crippen molar-refractivity contribution in [1.82, 2.24) is 9.88 Å². The SMILES string of the molecule is CCn1cc(/C=C2\C(=O)NC(=S)N(c3cccc(C)c3C)C2=O)c2ccccc21. The monoisotopic (exact) mass is 403 g/mol. The maximum atomic E-state index is 13.3. The van der Waals surface area contributed by atoms with Crippen LogP contribution in [0.1, 0.15) is 23.6 Å². The van der Waals surface area contributed by atoms with Crippen LogP contribution >= 0.6 is 12.2 Å². The number of amides is 2. The van der Waals surface area contributed by atoms with Crippen LogP contribution in [0.2, 0.25) is 0 Å². The molecule has 1 fully saturated rings. The molecule has 5 nitrogen and oxygen atoms in total. The number of fused-ring (bicyclic) bond motifs is 1. The highest BCUT2D eigenvalue weighted by Gasteiger charge is 2.35. The van der Waals surface area contributed by atoms with E-state index in [0.29, 0.717) is 5.69 Å². The molecule has 2 heterocycles. The summed E-state index contributed by atoms with van der Waals surface area (Å²) in [6, 6.07) is 13.6. The van der Waals surface area contributed by atoms with Crippen LogP contribution in [0.25, 0.3) is 17.0 Å². The maximum Gasteiger partial charge on any atom is 0.270 e.